The molecule has 0 atom stereocenters. The molecule has 0 fully saturated rings. The molecule has 2 aliphatic rings. The zero-order valence-corrected chi connectivity index (χ0v) is 17.9. The number of benzene rings is 1. The largest absolute Gasteiger partial charge is 0.383 e. The molecule has 0 unspecified atom stereocenters. The molecule has 3 rings (SSSR count). The smallest absolute Gasteiger partial charge is 0.157 e. The lowest BCUT2D eigenvalue weighted by molar-refractivity contribution is 1.03. The van der Waals surface area contributed by atoms with Crippen molar-refractivity contribution in [1.29, 1.82) is 0 Å². The number of hydrogen-bond donors (Lipinski definition) is 1. The van der Waals surface area contributed by atoms with Crippen LogP contribution in [-0.2, 0) is 6.54 Å². The van der Waals surface area contributed by atoms with E-state index in [0.717, 1.165) is 36.0 Å². The molecule has 0 radical (unpaired) electrons. The maximum atomic E-state index is 6.35. The molecule has 0 aliphatic heterocycles. The first-order valence-corrected chi connectivity index (χ1v) is 9.78. The van der Waals surface area contributed by atoms with E-state index in [9.17, 15) is 0 Å². The van der Waals surface area contributed by atoms with Gasteiger partial charge in [-0.05, 0) is 30.4 Å². The third-order valence-electron chi connectivity index (χ3n) is 4.69. The molecule has 4 heteroatoms. The van der Waals surface area contributed by atoms with E-state index in [1.54, 1.807) is 0 Å². The summed E-state index contributed by atoms with van der Waals surface area (Å²) in [5.74, 6) is 1.19. The molecule has 0 saturated heterocycles. The van der Waals surface area contributed by atoms with Crippen LogP contribution in [0.1, 0.15) is 31.7 Å². The van der Waals surface area contributed by atoms with Gasteiger partial charge in [-0.3, -0.25) is 4.99 Å². The lowest BCUT2D eigenvalue weighted by Gasteiger charge is -2.07. The van der Waals surface area contributed by atoms with Crippen molar-refractivity contribution in [3.8, 4) is 0 Å². The Morgan fingerprint density at radius 1 is 0.966 bits per heavy atom. The monoisotopic (exact) mass is 403 g/mol. The predicted octanol–water partition coefficient (Wildman–Crippen LogP) is 5.72. The van der Waals surface area contributed by atoms with Gasteiger partial charge < -0.3 is 5.73 Å². The Hall–Kier alpha value is -2.85. The number of nitrogens with zero attached hydrogens (tertiary/aromatic N) is 2. The van der Waals surface area contributed by atoms with Crippen LogP contribution in [-0.4, -0.2) is 11.7 Å². The molecule has 0 aromatic heterocycles. The van der Waals surface area contributed by atoms with Crippen molar-refractivity contribution in [2.24, 2.45) is 15.7 Å². The van der Waals surface area contributed by atoms with E-state index in [4.69, 9.17) is 15.7 Å². The van der Waals surface area contributed by atoms with Gasteiger partial charge in [-0.2, -0.15) is 13.5 Å². The fourth-order valence-electron chi connectivity index (χ4n) is 2.97. The third kappa shape index (κ3) is 6.91. The Morgan fingerprint density at radius 2 is 1.79 bits per heavy atom. The maximum Gasteiger partial charge on any atom is 0.157 e. The van der Waals surface area contributed by atoms with Gasteiger partial charge in [0.25, 0.3) is 0 Å². The van der Waals surface area contributed by atoms with Crippen LogP contribution in [0.4, 0.5) is 0 Å². The molecule has 2 aliphatic carbocycles. The Bertz CT molecular complexity index is 926. The minimum Gasteiger partial charge on any atom is -0.383 e. The molecule has 150 valence electrons. The number of rotatable bonds is 5. The van der Waals surface area contributed by atoms with E-state index >= 15 is 0 Å². The quantitative estimate of drug-likeness (QED) is 0.496. The fourth-order valence-corrected chi connectivity index (χ4v) is 2.97. The van der Waals surface area contributed by atoms with Gasteiger partial charge >= 0.3 is 0 Å². The van der Waals surface area contributed by atoms with Crippen LogP contribution in [0.15, 0.2) is 112 Å². The summed E-state index contributed by atoms with van der Waals surface area (Å²) in [6.45, 7) is 2.75. The van der Waals surface area contributed by atoms with Gasteiger partial charge in [-0.25, -0.2) is 4.99 Å². The van der Waals surface area contributed by atoms with E-state index < -0.39 is 0 Å². The number of nitrogens with two attached hydrogens (primary N) is 1. The van der Waals surface area contributed by atoms with Crippen molar-refractivity contribution in [3.05, 3.63) is 107 Å². The fraction of sp³-hybridized carbons (Fsp3) is 0.200. The average molecular weight is 404 g/mol. The maximum absolute atomic E-state index is 6.35. The van der Waals surface area contributed by atoms with Gasteiger partial charge in [0, 0.05) is 5.57 Å². The summed E-state index contributed by atoms with van der Waals surface area (Å²) in [7, 11) is 0. The second kappa shape index (κ2) is 11.9. The summed E-state index contributed by atoms with van der Waals surface area (Å²) in [5, 5.41) is 0. The number of allylic oxidation sites excluding steroid dienone is 9. The van der Waals surface area contributed by atoms with Crippen molar-refractivity contribution in [1.82, 2.24) is 0 Å². The third-order valence-corrected chi connectivity index (χ3v) is 4.69. The number of amidine groups is 2. The summed E-state index contributed by atoms with van der Waals surface area (Å²) in [5.41, 5.74) is 10.9. The zero-order valence-electron chi connectivity index (χ0n) is 16.9. The molecule has 29 heavy (non-hydrogen) atoms. The van der Waals surface area contributed by atoms with E-state index in [2.05, 4.69) is 49.4 Å². The Kier molecular flexibility index (Phi) is 9.19. The minimum absolute atomic E-state index is 0. The standard InChI is InChI=1S/C25H27N3.H2S/c1-2-20-13-10-16-23(18-17-20)25(27-19-21-11-6-5-7-12-21)28-24(26)22-14-8-3-4-9-15-22;/h3-12,14,16-18H,2,13,15,19H2,1H3,(H2,26,27,28);1H2. The van der Waals surface area contributed by atoms with Gasteiger partial charge in [-0.1, -0.05) is 97.5 Å². The van der Waals surface area contributed by atoms with Crippen molar-refractivity contribution in [3.63, 3.8) is 0 Å². The molecule has 0 saturated carbocycles. The lowest BCUT2D eigenvalue weighted by atomic mass is 10.1. The number of hydrogen-bond acceptors (Lipinski definition) is 1. The molecule has 0 bridgehead atoms. The first-order valence-electron chi connectivity index (χ1n) is 9.78. The molecule has 0 amide bonds. The Balaban J connectivity index is 0.00000300. The van der Waals surface area contributed by atoms with Crippen LogP contribution < -0.4 is 5.73 Å². The SMILES string of the molecule is CCC1=CC=C(C(N=C(N)C2=CC=CC=CC2)=NCc2ccccc2)C=CC1.S. The van der Waals surface area contributed by atoms with Crippen molar-refractivity contribution in [2.45, 2.75) is 32.7 Å². The molecule has 1 aromatic rings. The van der Waals surface area contributed by atoms with Crippen LogP contribution in [0.25, 0.3) is 0 Å². The van der Waals surface area contributed by atoms with E-state index in [-0.39, 0.29) is 13.5 Å². The van der Waals surface area contributed by atoms with Crippen molar-refractivity contribution < 1.29 is 0 Å². The van der Waals surface area contributed by atoms with Crippen molar-refractivity contribution in [2.75, 3.05) is 0 Å². The lowest BCUT2D eigenvalue weighted by Crippen LogP contribution is -2.17. The van der Waals surface area contributed by atoms with Crippen LogP contribution >= 0.6 is 13.5 Å². The molecule has 2 N–H and O–H groups in total. The van der Waals surface area contributed by atoms with Gasteiger partial charge in [0.1, 0.15) is 5.84 Å². The minimum atomic E-state index is 0. The van der Waals surface area contributed by atoms with Crippen LogP contribution in [0.2, 0.25) is 0 Å². The second-order valence-corrected chi connectivity index (χ2v) is 6.74. The van der Waals surface area contributed by atoms with Crippen LogP contribution in [0, 0.1) is 0 Å². The topological polar surface area (TPSA) is 50.7 Å². The first kappa shape index (κ1) is 22.4. The molecular formula is C25H29N3S. The van der Waals surface area contributed by atoms with Crippen LogP contribution in [0.5, 0.6) is 0 Å². The molecule has 1 aromatic carbocycles. The second-order valence-electron chi connectivity index (χ2n) is 6.74. The van der Waals surface area contributed by atoms with E-state index in [0.29, 0.717) is 18.2 Å². The molecule has 3 nitrogen and oxygen atoms in total. The van der Waals surface area contributed by atoms with Gasteiger partial charge in [0.05, 0.1) is 6.54 Å². The highest BCUT2D eigenvalue weighted by Gasteiger charge is 2.09. The van der Waals surface area contributed by atoms with Crippen LogP contribution in [0.3, 0.4) is 0 Å². The molecule has 0 heterocycles. The van der Waals surface area contributed by atoms with Gasteiger partial charge in [-0.15, -0.1) is 0 Å². The average Bonchev–Trinajstić information content (AvgIpc) is 3.15. The highest BCUT2D eigenvalue weighted by atomic mass is 32.1. The summed E-state index contributed by atoms with van der Waals surface area (Å²) in [6, 6.07) is 10.2. The van der Waals surface area contributed by atoms with Crippen molar-refractivity contribution >= 4 is 25.2 Å². The summed E-state index contributed by atoms with van der Waals surface area (Å²) in [4.78, 5) is 9.54. The zero-order chi connectivity index (χ0) is 19.6. The Morgan fingerprint density at radius 3 is 2.59 bits per heavy atom. The summed E-state index contributed by atoms with van der Waals surface area (Å²) in [6.07, 6.45) is 21.4. The molecule has 0 spiro atoms. The summed E-state index contributed by atoms with van der Waals surface area (Å²) >= 11 is 0. The normalized spacial score (nSPS) is 16.9. The summed E-state index contributed by atoms with van der Waals surface area (Å²) < 4.78 is 0. The molecular weight excluding hydrogens is 374 g/mol. The first-order chi connectivity index (χ1) is 13.8. The predicted molar refractivity (Wildman–Crippen MR) is 131 cm³/mol. The van der Waals surface area contributed by atoms with Gasteiger partial charge in [0.15, 0.2) is 5.84 Å². The Labute approximate surface area is 181 Å². The van der Waals surface area contributed by atoms with E-state index in [1.165, 1.54) is 5.57 Å². The highest BCUT2D eigenvalue weighted by molar-refractivity contribution is 7.59. The highest BCUT2D eigenvalue weighted by Crippen LogP contribution is 2.17. The van der Waals surface area contributed by atoms with Gasteiger partial charge in [0.2, 0.25) is 0 Å². The number of aliphatic imine (C=N–C) groups is 2. The van der Waals surface area contributed by atoms with E-state index in [1.807, 2.05) is 42.5 Å².